The fourth-order valence-corrected chi connectivity index (χ4v) is 4.52. The zero-order valence-corrected chi connectivity index (χ0v) is 18.8. The molecule has 1 unspecified atom stereocenters. The fraction of sp³-hybridized carbons (Fsp3) is 0.458. The lowest BCUT2D eigenvalue weighted by Gasteiger charge is -2.14. The number of benzene rings is 1. The normalized spacial score (nSPS) is 16.1. The lowest BCUT2D eigenvalue weighted by molar-refractivity contribution is -0.125. The van der Waals surface area contributed by atoms with E-state index in [2.05, 4.69) is 22.4 Å². The molecule has 1 amide bonds. The Morgan fingerprint density at radius 2 is 1.87 bits per heavy atom. The lowest BCUT2D eigenvalue weighted by Crippen LogP contribution is -2.31. The van der Waals surface area contributed by atoms with Crippen LogP contribution < -0.4 is 10.9 Å². The number of rotatable bonds is 5. The number of hydrogen-bond donors (Lipinski definition) is 2. The van der Waals surface area contributed by atoms with Gasteiger partial charge in [-0.2, -0.15) is 5.10 Å². The highest BCUT2D eigenvalue weighted by Gasteiger charge is 2.26. The molecule has 7 heteroatoms. The average molecular weight is 422 g/mol. The second-order valence-corrected chi connectivity index (χ2v) is 8.50. The van der Waals surface area contributed by atoms with Crippen molar-refractivity contribution < 1.29 is 4.79 Å². The van der Waals surface area contributed by atoms with E-state index in [-0.39, 0.29) is 17.4 Å². The van der Waals surface area contributed by atoms with Gasteiger partial charge in [-0.25, -0.2) is 4.68 Å². The van der Waals surface area contributed by atoms with Crippen molar-refractivity contribution in [3.63, 3.8) is 0 Å². The van der Waals surface area contributed by atoms with Crippen LogP contribution in [0, 0.1) is 26.7 Å². The smallest absolute Gasteiger partial charge is 0.274 e. The molecule has 7 nitrogen and oxygen atoms in total. The number of fused-ring (bicyclic) bond motifs is 1. The SMILES string of the molecule is CCn1nc(C)c(CNC(=O)C2CCc3[nH]n(-c4ccc(C)cc4)c(=O)c3CC2)c1C. The molecule has 0 aliphatic heterocycles. The third-order valence-electron chi connectivity index (χ3n) is 6.49. The predicted octanol–water partition coefficient (Wildman–Crippen LogP) is 3.12. The Morgan fingerprint density at radius 1 is 1.16 bits per heavy atom. The number of amides is 1. The van der Waals surface area contributed by atoms with Crippen molar-refractivity contribution in [2.45, 2.75) is 66.5 Å². The van der Waals surface area contributed by atoms with Crippen LogP contribution >= 0.6 is 0 Å². The molecule has 0 fully saturated rings. The summed E-state index contributed by atoms with van der Waals surface area (Å²) in [6.45, 7) is 9.44. The quantitative estimate of drug-likeness (QED) is 0.621. The van der Waals surface area contributed by atoms with Gasteiger partial charge in [-0.15, -0.1) is 0 Å². The summed E-state index contributed by atoms with van der Waals surface area (Å²) in [5.41, 5.74) is 6.93. The first kappa shape index (κ1) is 21.2. The molecule has 1 aliphatic rings. The molecule has 0 saturated carbocycles. The Kier molecular flexibility index (Phi) is 5.85. The number of carbonyl (C=O) groups excluding carboxylic acids is 1. The highest BCUT2D eigenvalue weighted by atomic mass is 16.2. The van der Waals surface area contributed by atoms with Gasteiger partial charge in [0.05, 0.1) is 11.4 Å². The van der Waals surface area contributed by atoms with Crippen molar-refractivity contribution >= 4 is 5.91 Å². The predicted molar refractivity (Wildman–Crippen MR) is 120 cm³/mol. The van der Waals surface area contributed by atoms with Crippen molar-refractivity contribution in [3.8, 4) is 5.69 Å². The van der Waals surface area contributed by atoms with Gasteiger partial charge < -0.3 is 5.32 Å². The van der Waals surface area contributed by atoms with Gasteiger partial charge in [0.2, 0.25) is 5.91 Å². The van der Waals surface area contributed by atoms with Gasteiger partial charge in [-0.05, 0) is 65.5 Å². The zero-order chi connectivity index (χ0) is 22.1. The summed E-state index contributed by atoms with van der Waals surface area (Å²) in [7, 11) is 0. The number of aromatic nitrogens is 4. The van der Waals surface area contributed by atoms with Gasteiger partial charge in [-0.1, -0.05) is 17.7 Å². The molecule has 0 saturated heterocycles. The van der Waals surface area contributed by atoms with Gasteiger partial charge in [0, 0.05) is 41.5 Å². The minimum Gasteiger partial charge on any atom is -0.352 e. The maximum absolute atomic E-state index is 13.0. The van der Waals surface area contributed by atoms with E-state index in [9.17, 15) is 9.59 Å². The Bertz CT molecular complexity index is 1150. The van der Waals surface area contributed by atoms with E-state index in [1.54, 1.807) is 4.68 Å². The van der Waals surface area contributed by atoms with Gasteiger partial charge in [-0.3, -0.25) is 19.4 Å². The van der Waals surface area contributed by atoms with Crippen LogP contribution in [0.1, 0.15) is 53.5 Å². The van der Waals surface area contributed by atoms with E-state index >= 15 is 0 Å². The van der Waals surface area contributed by atoms with E-state index < -0.39 is 0 Å². The largest absolute Gasteiger partial charge is 0.352 e. The molecule has 2 aromatic heterocycles. The van der Waals surface area contributed by atoms with Crippen molar-refractivity contribution in [1.82, 2.24) is 24.9 Å². The van der Waals surface area contributed by atoms with E-state index in [1.807, 2.05) is 49.7 Å². The molecule has 3 aromatic rings. The molecule has 1 aromatic carbocycles. The first-order valence-electron chi connectivity index (χ1n) is 11.1. The highest BCUT2D eigenvalue weighted by molar-refractivity contribution is 5.78. The molecule has 2 heterocycles. The van der Waals surface area contributed by atoms with E-state index in [0.717, 1.165) is 52.4 Å². The Hall–Kier alpha value is -3.09. The number of hydrogen-bond acceptors (Lipinski definition) is 3. The van der Waals surface area contributed by atoms with Crippen molar-refractivity contribution in [2.75, 3.05) is 0 Å². The fourth-order valence-electron chi connectivity index (χ4n) is 4.52. The van der Waals surface area contributed by atoms with E-state index in [4.69, 9.17) is 0 Å². The summed E-state index contributed by atoms with van der Waals surface area (Å²) in [5.74, 6) is -0.0260. The minimum atomic E-state index is -0.0881. The molecule has 164 valence electrons. The summed E-state index contributed by atoms with van der Waals surface area (Å²) in [5, 5.41) is 10.9. The first-order valence-corrected chi connectivity index (χ1v) is 11.1. The molecule has 2 N–H and O–H groups in total. The number of carbonyl (C=O) groups is 1. The van der Waals surface area contributed by atoms with Crippen molar-refractivity contribution in [2.24, 2.45) is 5.92 Å². The van der Waals surface area contributed by atoms with Gasteiger partial charge in [0.1, 0.15) is 0 Å². The number of nitrogens with zero attached hydrogens (tertiary/aromatic N) is 3. The molecule has 31 heavy (non-hydrogen) atoms. The monoisotopic (exact) mass is 421 g/mol. The summed E-state index contributed by atoms with van der Waals surface area (Å²) in [4.78, 5) is 25.8. The number of nitrogens with one attached hydrogen (secondary N) is 2. The lowest BCUT2D eigenvalue weighted by atomic mass is 9.98. The van der Waals surface area contributed by atoms with Crippen LogP contribution in [0.5, 0.6) is 0 Å². The molecule has 1 aliphatic carbocycles. The summed E-state index contributed by atoms with van der Waals surface area (Å²) in [6.07, 6.45) is 2.74. The van der Waals surface area contributed by atoms with Crippen LogP contribution in [0.2, 0.25) is 0 Å². The van der Waals surface area contributed by atoms with E-state index in [1.165, 1.54) is 0 Å². The van der Waals surface area contributed by atoms with Crippen LogP contribution in [-0.2, 0) is 30.7 Å². The molecule has 0 spiro atoms. The maximum atomic E-state index is 13.0. The Labute approximate surface area is 182 Å². The average Bonchev–Trinajstić information content (AvgIpc) is 3.11. The second-order valence-electron chi connectivity index (χ2n) is 8.50. The first-order chi connectivity index (χ1) is 14.9. The second kappa shape index (κ2) is 8.57. The minimum absolute atomic E-state index is 0.00172. The topological polar surface area (TPSA) is 84.7 Å². The highest BCUT2D eigenvalue weighted by Crippen LogP contribution is 2.23. The van der Waals surface area contributed by atoms with Gasteiger partial charge in [0.25, 0.3) is 5.56 Å². The molecular formula is C24H31N5O2. The number of aryl methyl sites for hydroxylation is 4. The summed E-state index contributed by atoms with van der Waals surface area (Å²) >= 11 is 0. The number of aromatic amines is 1. The van der Waals surface area contributed by atoms with Crippen LogP contribution in [0.15, 0.2) is 29.1 Å². The molecule has 1 atom stereocenters. The van der Waals surface area contributed by atoms with Crippen LogP contribution in [-0.4, -0.2) is 25.5 Å². The molecule has 4 rings (SSSR count). The standard InChI is InChI=1S/C24H31N5O2/c1-5-28-17(4)21(16(3)26-28)14-25-23(30)18-8-12-20-22(13-9-18)27-29(24(20)31)19-10-6-15(2)7-11-19/h6-7,10-11,18,27H,5,8-9,12-14H2,1-4H3,(H,25,30). The Morgan fingerprint density at radius 3 is 2.55 bits per heavy atom. The zero-order valence-electron chi connectivity index (χ0n) is 18.8. The molecule has 0 radical (unpaired) electrons. The molecule has 0 bridgehead atoms. The van der Waals surface area contributed by atoms with Crippen molar-refractivity contribution in [1.29, 1.82) is 0 Å². The third kappa shape index (κ3) is 4.09. The third-order valence-corrected chi connectivity index (χ3v) is 6.49. The van der Waals surface area contributed by atoms with E-state index in [0.29, 0.717) is 25.8 Å². The van der Waals surface area contributed by atoms with Gasteiger partial charge in [0.15, 0.2) is 0 Å². The maximum Gasteiger partial charge on any atom is 0.274 e. The van der Waals surface area contributed by atoms with Crippen LogP contribution in [0.25, 0.3) is 5.69 Å². The molecular weight excluding hydrogens is 390 g/mol. The summed E-state index contributed by atoms with van der Waals surface area (Å²) < 4.78 is 3.59. The van der Waals surface area contributed by atoms with Gasteiger partial charge >= 0.3 is 0 Å². The van der Waals surface area contributed by atoms with Crippen LogP contribution in [0.4, 0.5) is 0 Å². The number of H-pyrrole nitrogens is 1. The Balaban J connectivity index is 1.43. The summed E-state index contributed by atoms with van der Waals surface area (Å²) in [6, 6.07) is 7.91. The van der Waals surface area contributed by atoms with Crippen molar-refractivity contribution in [3.05, 3.63) is 68.4 Å². The van der Waals surface area contributed by atoms with Crippen LogP contribution in [0.3, 0.4) is 0 Å².